The summed E-state index contributed by atoms with van der Waals surface area (Å²) in [6, 6.07) is 11.5. The first-order valence-electron chi connectivity index (χ1n) is 11.0. The number of fused-ring (bicyclic) bond motifs is 1. The molecule has 0 radical (unpaired) electrons. The molecule has 1 fully saturated rings. The predicted octanol–water partition coefficient (Wildman–Crippen LogP) is 5.37. The highest BCUT2D eigenvalue weighted by molar-refractivity contribution is 5.90. The average Bonchev–Trinajstić information content (AvgIpc) is 2.77. The van der Waals surface area contributed by atoms with E-state index in [9.17, 15) is 17.6 Å². The maximum Gasteiger partial charge on any atom is 0.419 e. The van der Waals surface area contributed by atoms with E-state index in [2.05, 4.69) is 15.6 Å². The second kappa shape index (κ2) is 9.51. The lowest BCUT2D eigenvalue weighted by Crippen LogP contribution is -2.37. The number of halogens is 4. The van der Waals surface area contributed by atoms with Crippen LogP contribution in [0.15, 0.2) is 42.5 Å². The third-order valence-corrected chi connectivity index (χ3v) is 6.00. The van der Waals surface area contributed by atoms with Gasteiger partial charge in [-0.05, 0) is 55.5 Å². The quantitative estimate of drug-likeness (QED) is 0.484. The van der Waals surface area contributed by atoms with E-state index in [0.717, 1.165) is 54.5 Å². The van der Waals surface area contributed by atoms with E-state index in [1.54, 1.807) is 0 Å². The molecule has 0 unspecified atom stereocenters. The van der Waals surface area contributed by atoms with Crippen molar-refractivity contribution in [2.24, 2.45) is 0 Å². The molecule has 0 spiro atoms. The molecule has 0 atom stereocenters. The van der Waals surface area contributed by atoms with Gasteiger partial charge in [0.15, 0.2) is 0 Å². The number of anilines is 2. The van der Waals surface area contributed by atoms with Gasteiger partial charge in [0, 0.05) is 38.1 Å². The van der Waals surface area contributed by atoms with Gasteiger partial charge in [0.2, 0.25) is 5.95 Å². The first-order valence-corrected chi connectivity index (χ1v) is 11.0. The van der Waals surface area contributed by atoms with Crippen LogP contribution >= 0.6 is 0 Å². The van der Waals surface area contributed by atoms with Crippen molar-refractivity contribution in [3.05, 3.63) is 59.4 Å². The molecule has 2 aromatic carbocycles. The lowest BCUT2D eigenvalue weighted by molar-refractivity contribution is -0.140. The topological polar surface area (TPSA) is 53.1 Å². The third kappa shape index (κ3) is 5.52. The van der Waals surface area contributed by atoms with Crippen LogP contribution in [0.25, 0.3) is 10.9 Å². The number of hydrogen-bond donors (Lipinski definition) is 2. The zero-order valence-corrected chi connectivity index (χ0v) is 18.6. The molecule has 1 aromatic heterocycles. The van der Waals surface area contributed by atoms with Crippen LogP contribution in [0.4, 0.5) is 29.3 Å². The molecule has 2 N–H and O–H groups in total. The monoisotopic (exact) mass is 461 g/mol. The maximum atomic E-state index is 13.8. The van der Waals surface area contributed by atoms with Crippen LogP contribution in [-0.4, -0.2) is 36.1 Å². The summed E-state index contributed by atoms with van der Waals surface area (Å²) in [5.41, 5.74) is 0.158. The smallest absolute Gasteiger partial charge is 0.362 e. The Morgan fingerprint density at radius 2 is 1.67 bits per heavy atom. The van der Waals surface area contributed by atoms with Gasteiger partial charge in [-0.3, -0.25) is 0 Å². The molecule has 0 amide bonds. The van der Waals surface area contributed by atoms with Crippen LogP contribution in [-0.2, 0) is 12.7 Å². The summed E-state index contributed by atoms with van der Waals surface area (Å²) in [5, 5.41) is 7.80. The zero-order chi connectivity index (χ0) is 23.6. The molecule has 0 saturated heterocycles. The van der Waals surface area contributed by atoms with Crippen molar-refractivity contribution in [1.82, 2.24) is 15.3 Å². The third-order valence-electron chi connectivity index (χ3n) is 6.00. The minimum absolute atomic E-state index is 0.225. The van der Waals surface area contributed by atoms with Gasteiger partial charge in [0.25, 0.3) is 0 Å². The van der Waals surface area contributed by atoms with Gasteiger partial charge in [0.1, 0.15) is 11.6 Å². The number of aromatic nitrogens is 2. The number of alkyl halides is 3. The molecule has 5 nitrogen and oxygen atoms in total. The van der Waals surface area contributed by atoms with Gasteiger partial charge in [-0.15, -0.1) is 0 Å². The predicted molar refractivity (Wildman–Crippen MR) is 122 cm³/mol. The highest BCUT2D eigenvalue weighted by Gasteiger charge is 2.34. The van der Waals surface area contributed by atoms with Crippen LogP contribution in [0.5, 0.6) is 0 Å². The van der Waals surface area contributed by atoms with E-state index in [-0.39, 0.29) is 12.1 Å². The van der Waals surface area contributed by atoms with Crippen molar-refractivity contribution in [3.63, 3.8) is 0 Å². The van der Waals surface area contributed by atoms with E-state index >= 15 is 0 Å². The number of rotatable bonds is 6. The molecular weight excluding hydrogens is 434 g/mol. The van der Waals surface area contributed by atoms with Gasteiger partial charge in [-0.1, -0.05) is 18.2 Å². The molecule has 1 saturated carbocycles. The molecule has 1 heterocycles. The second-order valence-corrected chi connectivity index (χ2v) is 8.67. The van der Waals surface area contributed by atoms with Crippen LogP contribution in [0, 0.1) is 5.82 Å². The Hall–Kier alpha value is -2.94. The zero-order valence-electron chi connectivity index (χ0n) is 18.6. The first-order chi connectivity index (χ1) is 15.7. The van der Waals surface area contributed by atoms with Gasteiger partial charge in [-0.25, -0.2) is 9.37 Å². The van der Waals surface area contributed by atoms with Crippen molar-refractivity contribution in [3.8, 4) is 0 Å². The molecule has 0 aliphatic heterocycles. The Kier molecular flexibility index (Phi) is 6.69. The average molecular weight is 462 g/mol. The summed E-state index contributed by atoms with van der Waals surface area (Å²) in [6.07, 6.45) is -1.06. The lowest BCUT2D eigenvalue weighted by Gasteiger charge is -2.30. The summed E-state index contributed by atoms with van der Waals surface area (Å²) in [6.45, 7) is 0.331. The van der Waals surface area contributed by atoms with Crippen molar-refractivity contribution in [2.75, 3.05) is 24.3 Å². The summed E-state index contributed by atoms with van der Waals surface area (Å²) in [4.78, 5) is 11.3. The molecule has 176 valence electrons. The highest BCUT2D eigenvalue weighted by atomic mass is 19.4. The van der Waals surface area contributed by atoms with Crippen LogP contribution in [0.2, 0.25) is 0 Å². The van der Waals surface area contributed by atoms with E-state index < -0.39 is 17.6 Å². The summed E-state index contributed by atoms with van der Waals surface area (Å²) >= 11 is 0. The van der Waals surface area contributed by atoms with Crippen LogP contribution < -0.4 is 15.5 Å². The minimum Gasteiger partial charge on any atom is -0.362 e. The van der Waals surface area contributed by atoms with Crippen LogP contribution in [0.3, 0.4) is 0 Å². The van der Waals surface area contributed by atoms with Gasteiger partial charge in [0.05, 0.1) is 11.1 Å². The number of benzene rings is 2. The fraction of sp³-hybridized carbons (Fsp3) is 0.417. The first kappa shape index (κ1) is 23.2. The molecule has 3 aromatic rings. The van der Waals surface area contributed by atoms with E-state index in [0.29, 0.717) is 18.1 Å². The number of nitrogens with zero attached hydrogens (tertiary/aromatic N) is 3. The molecule has 33 heavy (non-hydrogen) atoms. The van der Waals surface area contributed by atoms with Gasteiger partial charge >= 0.3 is 6.18 Å². The number of para-hydroxylation sites is 1. The molecule has 1 aliphatic carbocycles. The van der Waals surface area contributed by atoms with E-state index in [4.69, 9.17) is 4.98 Å². The normalized spacial score (nSPS) is 19.0. The van der Waals surface area contributed by atoms with Gasteiger partial charge < -0.3 is 15.5 Å². The highest BCUT2D eigenvalue weighted by Crippen LogP contribution is 2.32. The molecular formula is C24H27F4N5. The molecule has 9 heteroatoms. The Balaban J connectivity index is 1.32. The fourth-order valence-electron chi connectivity index (χ4n) is 4.25. The Labute approximate surface area is 190 Å². The molecule has 1 aliphatic rings. The Bertz CT molecular complexity index is 1110. The largest absolute Gasteiger partial charge is 0.419 e. The van der Waals surface area contributed by atoms with Crippen molar-refractivity contribution >= 4 is 22.7 Å². The summed E-state index contributed by atoms with van der Waals surface area (Å²) in [5.74, 6) is 0.235. The summed E-state index contributed by atoms with van der Waals surface area (Å²) < 4.78 is 51.9. The fourth-order valence-corrected chi connectivity index (χ4v) is 4.25. The Morgan fingerprint density at radius 1 is 0.970 bits per heavy atom. The maximum absolute atomic E-state index is 13.8. The second-order valence-electron chi connectivity index (χ2n) is 8.67. The lowest BCUT2D eigenvalue weighted by atomic mass is 9.91. The van der Waals surface area contributed by atoms with Crippen molar-refractivity contribution < 1.29 is 17.6 Å². The van der Waals surface area contributed by atoms with E-state index in [1.807, 2.05) is 43.3 Å². The van der Waals surface area contributed by atoms with Crippen LogP contribution in [0.1, 0.15) is 36.8 Å². The molecule has 0 bridgehead atoms. The van der Waals surface area contributed by atoms with Gasteiger partial charge in [-0.2, -0.15) is 18.2 Å². The molecule has 4 rings (SSSR count). The Morgan fingerprint density at radius 3 is 2.33 bits per heavy atom. The standard InChI is InChI=1S/C24H27F4N5/c1-33(2)22-18-5-3-4-6-21(18)31-23(32-22)30-17-10-8-16(9-11-17)29-14-15-7-12-19(20(25)13-15)24(26,27)28/h3-7,12-13,16-17,29H,8-11,14H2,1-2H3,(H,30,31,32). The summed E-state index contributed by atoms with van der Waals surface area (Å²) in [7, 11) is 3.91. The van der Waals surface area contributed by atoms with E-state index in [1.165, 1.54) is 6.07 Å². The number of hydrogen-bond acceptors (Lipinski definition) is 5. The number of nitrogens with one attached hydrogen (secondary N) is 2. The van der Waals surface area contributed by atoms with Crippen molar-refractivity contribution in [1.29, 1.82) is 0 Å². The van der Waals surface area contributed by atoms with Crippen molar-refractivity contribution in [2.45, 2.75) is 50.5 Å². The minimum atomic E-state index is -4.68. The SMILES string of the molecule is CN(C)c1nc(NC2CCC(NCc3ccc(C(F)(F)F)c(F)c3)CC2)nc2ccccc12.